The molecule has 3 rings (SSSR count). The standard InChI is InChI=1S/C23H27N3O4/c1-3-13-25(16-21(27)24-19-11-7-8-12-20(19)30-2)23(29)17-14-22(28)26(15-17)18-9-5-4-6-10-18/h4-12,17H,3,13-16H2,1-2H3,(H,24,27). The van der Waals surface area contributed by atoms with Gasteiger partial charge in [-0.15, -0.1) is 0 Å². The van der Waals surface area contributed by atoms with Gasteiger partial charge < -0.3 is 19.9 Å². The Morgan fingerprint density at radius 2 is 1.83 bits per heavy atom. The van der Waals surface area contributed by atoms with Gasteiger partial charge in [0.15, 0.2) is 0 Å². The summed E-state index contributed by atoms with van der Waals surface area (Å²) in [7, 11) is 1.54. The minimum atomic E-state index is -0.455. The number of carbonyl (C=O) groups excluding carboxylic acids is 3. The molecule has 0 radical (unpaired) electrons. The molecule has 0 spiro atoms. The molecule has 1 aliphatic rings. The number of nitrogens with one attached hydrogen (secondary N) is 1. The number of para-hydroxylation sites is 3. The topological polar surface area (TPSA) is 79.0 Å². The number of hydrogen-bond donors (Lipinski definition) is 1. The van der Waals surface area contributed by atoms with Crippen molar-refractivity contribution < 1.29 is 19.1 Å². The number of carbonyl (C=O) groups is 3. The predicted octanol–water partition coefficient (Wildman–Crippen LogP) is 2.93. The van der Waals surface area contributed by atoms with Crippen molar-refractivity contribution >= 4 is 29.1 Å². The Kier molecular flexibility index (Phi) is 7.06. The monoisotopic (exact) mass is 409 g/mol. The van der Waals surface area contributed by atoms with Crippen LogP contribution >= 0.6 is 0 Å². The quantitative estimate of drug-likeness (QED) is 0.727. The minimum Gasteiger partial charge on any atom is -0.495 e. The highest BCUT2D eigenvalue weighted by molar-refractivity contribution is 6.01. The zero-order chi connectivity index (χ0) is 21.5. The molecular formula is C23H27N3O4. The van der Waals surface area contributed by atoms with Gasteiger partial charge in [-0.05, 0) is 30.7 Å². The average molecular weight is 409 g/mol. The normalized spacial score (nSPS) is 15.7. The van der Waals surface area contributed by atoms with Crippen LogP contribution in [0.2, 0.25) is 0 Å². The van der Waals surface area contributed by atoms with Crippen LogP contribution in [0.15, 0.2) is 54.6 Å². The van der Waals surface area contributed by atoms with Crippen molar-refractivity contribution in [3.8, 4) is 5.75 Å². The van der Waals surface area contributed by atoms with E-state index in [1.54, 1.807) is 23.1 Å². The number of hydrogen-bond acceptors (Lipinski definition) is 4. The Hall–Kier alpha value is -3.35. The lowest BCUT2D eigenvalue weighted by Gasteiger charge is -2.25. The van der Waals surface area contributed by atoms with Crippen molar-refractivity contribution in [3.63, 3.8) is 0 Å². The first kappa shape index (κ1) is 21.4. The minimum absolute atomic E-state index is 0.0687. The van der Waals surface area contributed by atoms with Crippen LogP contribution in [0.5, 0.6) is 5.75 Å². The van der Waals surface area contributed by atoms with E-state index in [0.29, 0.717) is 24.5 Å². The van der Waals surface area contributed by atoms with E-state index in [4.69, 9.17) is 4.74 Å². The summed E-state index contributed by atoms with van der Waals surface area (Å²) in [6.07, 6.45) is 0.874. The summed E-state index contributed by atoms with van der Waals surface area (Å²) in [6, 6.07) is 16.4. The molecule has 158 valence electrons. The number of benzene rings is 2. The second-order valence-corrected chi connectivity index (χ2v) is 7.25. The van der Waals surface area contributed by atoms with Gasteiger partial charge in [0.1, 0.15) is 5.75 Å². The van der Waals surface area contributed by atoms with Gasteiger partial charge >= 0.3 is 0 Å². The van der Waals surface area contributed by atoms with Crippen LogP contribution < -0.4 is 15.0 Å². The molecular weight excluding hydrogens is 382 g/mol. The number of anilines is 2. The lowest BCUT2D eigenvalue weighted by molar-refractivity contribution is -0.138. The van der Waals surface area contributed by atoms with E-state index < -0.39 is 5.92 Å². The highest BCUT2D eigenvalue weighted by Gasteiger charge is 2.37. The van der Waals surface area contributed by atoms with Gasteiger partial charge in [-0.3, -0.25) is 14.4 Å². The molecule has 0 saturated carbocycles. The summed E-state index contributed by atoms with van der Waals surface area (Å²) in [5, 5.41) is 2.80. The van der Waals surface area contributed by atoms with E-state index >= 15 is 0 Å². The van der Waals surface area contributed by atoms with Crippen molar-refractivity contribution in [1.82, 2.24) is 4.90 Å². The van der Waals surface area contributed by atoms with E-state index in [1.807, 2.05) is 43.3 Å². The molecule has 1 unspecified atom stereocenters. The highest BCUT2D eigenvalue weighted by atomic mass is 16.5. The fraction of sp³-hybridized carbons (Fsp3) is 0.348. The number of ether oxygens (including phenoxy) is 1. The van der Waals surface area contributed by atoms with Crippen molar-refractivity contribution in [1.29, 1.82) is 0 Å². The lowest BCUT2D eigenvalue weighted by atomic mass is 10.1. The predicted molar refractivity (Wildman–Crippen MR) is 115 cm³/mol. The first-order valence-corrected chi connectivity index (χ1v) is 10.1. The number of rotatable bonds is 8. The highest BCUT2D eigenvalue weighted by Crippen LogP contribution is 2.26. The van der Waals surface area contributed by atoms with Crippen LogP contribution in [-0.4, -0.2) is 49.4 Å². The average Bonchev–Trinajstić information content (AvgIpc) is 3.15. The smallest absolute Gasteiger partial charge is 0.244 e. The van der Waals surface area contributed by atoms with E-state index in [9.17, 15) is 14.4 Å². The Bertz CT molecular complexity index is 900. The second kappa shape index (κ2) is 9.91. The van der Waals surface area contributed by atoms with Crippen molar-refractivity contribution in [3.05, 3.63) is 54.6 Å². The molecule has 0 aromatic heterocycles. The Morgan fingerprint density at radius 1 is 1.13 bits per heavy atom. The van der Waals surface area contributed by atoms with Crippen LogP contribution in [0.3, 0.4) is 0 Å². The number of amides is 3. The number of nitrogens with zero attached hydrogens (tertiary/aromatic N) is 2. The van der Waals surface area contributed by atoms with Crippen LogP contribution in [0.1, 0.15) is 19.8 Å². The summed E-state index contributed by atoms with van der Waals surface area (Å²) in [4.78, 5) is 41.4. The van der Waals surface area contributed by atoms with Gasteiger partial charge in [0.25, 0.3) is 0 Å². The Labute approximate surface area is 176 Å². The Balaban J connectivity index is 1.66. The van der Waals surface area contributed by atoms with Gasteiger partial charge in [0.2, 0.25) is 17.7 Å². The van der Waals surface area contributed by atoms with Crippen LogP contribution in [0.4, 0.5) is 11.4 Å². The van der Waals surface area contributed by atoms with E-state index in [0.717, 1.165) is 12.1 Å². The van der Waals surface area contributed by atoms with Gasteiger partial charge in [-0.2, -0.15) is 0 Å². The van der Waals surface area contributed by atoms with Gasteiger partial charge in [0.05, 0.1) is 25.3 Å². The molecule has 1 N–H and O–H groups in total. The largest absolute Gasteiger partial charge is 0.495 e. The molecule has 1 aliphatic heterocycles. The first-order chi connectivity index (χ1) is 14.5. The van der Waals surface area contributed by atoms with Crippen LogP contribution in [0.25, 0.3) is 0 Å². The maximum Gasteiger partial charge on any atom is 0.244 e. The van der Waals surface area contributed by atoms with E-state index in [2.05, 4.69) is 5.32 Å². The fourth-order valence-electron chi connectivity index (χ4n) is 3.64. The molecule has 0 bridgehead atoms. The maximum atomic E-state index is 13.1. The van der Waals surface area contributed by atoms with Crippen LogP contribution in [0, 0.1) is 5.92 Å². The summed E-state index contributed by atoms with van der Waals surface area (Å²) in [5.41, 5.74) is 1.34. The summed E-state index contributed by atoms with van der Waals surface area (Å²) in [6.45, 7) is 2.67. The molecule has 2 aromatic rings. The van der Waals surface area contributed by atoms with Crippen molar-refractivity contribution in [2.24, 2.45) is 5.92 Å². The molecule has 1 fully saturated rings. The summed E-state index contributed by atoms with van der Waals surface area (Å²) >= 11 is 0. The van der Waals surface area contributed by atoms with Gasteiger partial charge in [-0.1, -0.05) is 37.3 Å². The summed E-state index contributed by atoms with van der Waals surface area (Å²) < 4.78 is 5.25. The van der Waals surface area contributed by atoms with E-state index in [-0.39, 0.29) is 30.7 Å². The first-order valence-electron chi connectivity index (χ1n) is 10.1. The third kappa shape index (κ3) is 4.97. The van der Waals surface area contributed by atoms with Gasteiger partial charge in [0, 0.05) is 25.2 Å². The molecule has 7 nitrogen and oxygen atoms in total. The SMILES string of the molecule is CCCN(CC(=O)Nc1ccccc1OC)C(=O)C1CC(=O)N(c2ccccc2)C1. The van der Waals surface area contributed by atoms with Crippen molar-refractivity contribution in [2.75, 3.05) is 37.0 Å². The molecule has 1 saturated heterocycles. The third-order valence-electron chi connectivity index (χ3n) is 5.06. The van der Waals surface area contributed by atoms with Crippen LogP contribution in [-0.2, 0) is 14.4 Å². The summed E-state index contributed by atoms with van der Waals surface area (Å²) in [5.74, 6) is -0.443. The lowest BCUT2D eigenvalue weighted by Crippen LogP contribution is -2.42. The third-order valence-corrected chi connectivity index (χ3v) is 5.06. The fourth-order valence-corrected chi connectivity index (χ4v) is 3.64. The molecule has 30 heavy (non-hydrogen) atoms. The molecule has 3 amide bonds. The second-order valence-electron chi connectivity index (χ2n) is 7.25. The zero-order valence-electron chi connectivity index (χ0n) is 17.3. The van der Waals surface area contributed by atoms with Gasteiger partial charge in [-0.25, -0.2) is 0 Å². The molecule has 7 heteroatoms. The zero-order valence-corrected chi connectivity index (χ0v) is 17.3. The van der Waals surface area contributed by atoms with Crippen molar-refractivity contribution in [2.45, 2.75) is 19.8 Å². The maximum absolute atomic E-state index is 13.1. The molecule has 0 aliphatic carbocycles. The molecule has 1 heterocycles. The number of methoxy groups -OCH3 is 1. The Morgan fingerprint density at radius 3 is 2.53 bits per heavy atom. The molecule has 2 aromatic carbocycles. The molecule has 1 atom stereocenters. The van der Waals surface area contributed by atoms with E-state index in [1.165, 1.54) is 12.0 Å².